The molecule has 0 aliphatic heterocycles. The van der Waals surface area contributed by atoms with Gasteiger partial charge in [-0.05, 0) is 19.4 Å². The van der Waals surface area contributed by atoms with Crippen LogP contribution in [0.15, 0.2) is 35.1 Å². The number of aromatic hydroxyl groups is 1. The van der Waals surface area contributed by atoms with E-state index in [0.717, 1.165) is 16.8 Å². The van der Waals surface area contributed by atoms with Gasteiger partial charge in [0, 0.05) is 12.0 Å². The second-order valence-electron chi connectivity index (χ2n) is 4.89. The first-order valence-corrected chi connectivity index (χ1v) is 6.42. The highest BCUT2D eigenvalue weighted by atomic mass is 16.3. The molecule has 0 radical (unpaired) electrons. The molecular weight excluding hydrogens is 254 g/mol. The number of rotatable bonds is 2. The van der Waals surface area contributed by atoms with Gasteiger partial charge < -0.3 is 10.1 Å². The number of nitrogens with one attached hydrogen (secondary N) is 1. The van der Waals surface area contributed by atoms with E-state index in [1.165, 1.54) is 4.52 Å². The molecule has 5 heteroatoms. The fourth-order valence-corrected chi connectivity index (χ4v) is 2.31. The first kappa shape index (κ1) is 12.5. The summed E-state index contributed by atoms with van der Waals surface area (Å²) in [5, 5.41) is 14.3. The van der Waals surface area contributed by atoms with Crippen molar-refractivity contribution in [1.29, 1.82) is 0 Å². The molecule has 5 nitrogen and oxygen atoms in total. The standard InChI is InChI=1S/C15H15N3O2/c1-9-14(19)16-13-12(8-11-6-4-3-5-7-11)10(2)17-18(13)15(9)20/h3-7,20H,8H2,1-2H3,(H,16,19). The van der Waals surface area contributed by atoms with Crippen LogP contribution < -0.4 is 5.56 Å². The van der Waals surface area contributed by atoms with Crippen molar-refractivity contribution in [2.75, 3.05) is 0 Å². The second-order valence-corrected chi connectivity index (χ2v) is 4.89. The van der Waals surface area contributed by atoms with Crippen LogP contribution in [-0.2, 0) is 6.42 Å². The Hall–Kier alpha value is -2.56. The summed E-state index contributed by atoms with van der Waals surface area (Å²) in [5.41, 5.74) is 3.38. The SMILES string of the molecule is Cc1nn2c(O)c(C)c(=O)[nH]c2c1Cc1ccccc1. The van der Waals surface area contributed by atoms with Crippen molar-refractivity contribution in [3.8, 4) is 5.88 Å². The monoisotopic (exact) mass is 269 g/mol. The summed E-state index contributed by atoms with van der Waals surface area (Å²) in [5.74, 6) is -0.105. The Balaban J connectivity index is 2.21. The van der Waals surface area contributed by atoms with Crippen LogP contribution in [0.1, 0.15) is 22.4 Å². The molecule has 0 atom stereocenters. The van der Waals surface area contributed by atoms with E-state index in [1.54, 1.807) is 6.92 Å². The summed E-state index contributed by atoms with van der Waals surface area (Å²) in [7, 11) is 0. The van der Waals surface area contributed by atoms with E-state index in [-0.39, 0.29) is 17.0 Å². The molecular formula is C15H15N3O2. The molecule has 0 aliphatic carbocycles. The zero-order valence-electron chi connectivity index (χ0n) is 11.3. The van der Waals surface area contributed by atoms with Crippen LogP contribution in [0.3, 0.4) is 0 Å². The van der Waals surface area contributed by atoms with Crippen molar-refractivity contribution in [2.24, 2.45) is 0 Å². The molecule has 0 spiro atoms. The van der Waals surface area contributed by atoms with Gasteiger partial charge in [-0.25, -0.2) is 0 Å². The van der Waals surface area contributed by atoms with Gasteiger partial charge in [0.1, 0.15) is 5.65 Å². The fourth-order valence-electron chi connectivity index (χ4n) is 2.31. The third kappa shape index (κ3) is 1.87. The second kappa shape index (κ2) is 4.52. The summed E-state index contributed by atoms with van der Waals surface area (Å²) in [6, 6.07) is 9.95. The number of aryl methyl sites for hydroxylation is 1. The Morgan fingerprint density at radius 2 is 1.95 bits per heavy atom. The number of fused-ring (bicyclic) bond motifs is 1. The molecule has 0 amide bonds. The Morgan fingerprint density at radius 1 is 1.25 bits per heavy atom. The molecule has 0 bridgehead atoms. The summed E-state index contributed by atoms with van der Waals surface area (Å²) < 4.78 is 1.39. The summed E-state index contributed by atoms with van der Waals surface area (Å²) in [4.78, 5) is 14.6. The summed E-state index contributed by atoms with van der Waals surface area (Å²) in [6.45, 7) is 3.44. The van der Waals surface area contributed by atoms with E-state index in [2.05, 4.69) is 10.1 Å². The van der Waals surface area contributed by atoms with E-state index < -0.39 is 0 Å². The number of aromatic nitrogens is 3. The van der Waals surface area contributed by atoms with Crippen molar-refractivity contribution in [3.05, 3.63) is 63.1 Å². The van der Waals surface area contributed by atoms with Crippen molar-refractivity contribution in [2.45, 2.75) is 20.3 Å². The molecule has 3 rings (SSSR count). The molecule has 2 heterocycles. The van der Waals surface area contributed by atoms with Crippen LogP contribution in [-0.4, -0.2) is 19.7 Å². The Morgan fingerprint density at radius 3 is 2.65 bits per heavy atom. The molecule has 0 unspecified atom stereocenters. The maximum atomic E-state index is 11.8. The highest BCUT2D eigenvalue weighted by Gasteiger charge is 2.16. The van der Waals surface area contributed by atoms with E-state index >= 15 is 0 Å². The minimum absolute atomic E-state index is 0.105. The number of hydrogen-bond donors (Lipinski definition) is 2. The molecule has 0 aliphatic rings. The lowest BCUT2D eigenvalue weighted by atomic mass is 10.1. The summed E-state index contributed by atoms with van der Waals surface area (Å²) >= 11 is 0. The van der Waals surface area contributed by atoms with Crippen LogP contribution >= 0.6 is 0 Å². The maximum Gasteiger partial charge on any atom is 0.257 e. The van der Waals surface area contributed by atoms with Crippen molar-refractivity contribution < 1.29 is 5.11 Å². The van der Waals surface area contributed by atoms with Gasteiger partial charge in [-0.2, -0.15) is 9.61 Å². The smallest absolute Gasteiger partial charge is 0.257 e. The summed E-state index contributed by atoms with van der Waals surface area (Å²) in [6.07, 6.45) is 0.661. The number of hydrogen-bond acceptors (Lipinski definition) is 3. The van der Waals surface area contributed by atoms with Crippen molar-refractivity contribution in [3.63, 3.8) is 0 Å². The minimum atomic E-state index is -0.288. The third-order valence-corrected chi connectivity index (χ3v) is 3.52. The molecule has 102 valence electrons. The number of benzene rings is 1. The number of nitrogens with zero attached hydrogens (tertiary/aromatic N) is 2. The van der Waals surface area contributed by atoms with Crippen LogP contribution in [0.4, 0.5) is 0 Å². The van der Waals surface area contributed by atoms with E-state index in [4.69, 9.17) is 0 Å². The molecule has 0 saturated heterocycles. The zero-order valence-corrected chi connectivity index (χ0v) is 11.3. The van der Waals surface area contributed by atoms with Crippen LogP contribution in [0.5, 0.6) is 5.88 Å². The van der Waals surface area contributed by atoms with Crippen molar-refractivity contribution in [1.82, 2.24) is 14.6 Å². The number of aromatic amines is 1. The molecule has 20 heavy (non-hydrogen) atoms. The molecule has 2 aromatic heterocycles. The normalized spacial score (nSPS) is 11.1. The molecule has 3 aromatic rings. The van der Waals surface area contributed by atoms with Crippen molar-refractivity contribution >= 4 is 5.65 Å². The Labute approximate surface area is 115 Å². The highest BCUT2D eigenvalue weighted by molar-refractivity contribution is 5.54. The molecule has 0 fully saturated rings. The van der Waals surface area contributed by atoms with Gasteiger partial charge in [0.05, 0.1) is 11.3 Å². The van der Waals surface area contributed by atoms with Crippen LogP contribution in [0.2, 0.25) is 0 Å². The Bertz CT molecular complexity index is 832. The topological polar surface area (TPSA) is 70.4 Å². The first-order valence-electron chi connectivity index (χ1n) is 6.42. The largest absolute Gasteiger partial charge is 0.493 e. The third-order valence-electron chi connectivity index (χ3n) is 3.52. The van der Waals surface area contributed by atoms with Gasteiger partial charge in [0.25, 0.3) is 5.56 Å². The molecule has 2 N–H and O–H groups in total. The van der Waals surface area contributed by atoms with Gasteiger partial charge in [0.15, 0.2) is 0 Å². The van der Waals surface area contributed by atoms with E-state index in [0.29, 0.717) is 12.1 Å². The molecule has 0 saturated carbocycles. The average molecular weight is 269 g/mol. The lowest BCUT2D eigenvalue weighted by molar-refractivity contribution is 0.429. The predicted octanol–water partition coefficient (Wildman–Crippen LogP) is 1.94. The lowest BCUT2D eigenvalue weighted by Crippen LogP contribution is -2.13. The van der Waals surface area contributed by atoms with Gasteiger partial charge in [-0.15, -0.1) is 0 Å². The predicted molar refractivity (Wildman–Crippen MR) is 76.2 cm³/mol. The number of H-pyrrole nitrogens is 1. The van der Waals surface area contributed by atoms with E-state index in [9.17, 15) is 9.90 Å². The highest BCUT2D eigenvalue weighted by Crippen LogP contribution is 2.21. The lowest BCUT2D eigenvalue weighted by Gasteiger charge is -2.03. The van der Waals surface area contributed by atoms with Crippen LogP contribution in [0.25, 0.3) is 5.65 Å². The van der Waals surface area contributed by atoms with Gasteiger partial charge in [-0.1, -0.05) is 30.3 Å². The van der Waals surface area contributed by atoms with Gasteiger partial charge in [-0.3, -0.25) is 4.79 Å². The maximum absolute atomic E-state index is 11.8. The van der Waals surface area contributed by atoms with Crippen LogP contribution in [0, 0.1) is 13.8 Å². The quantitative estimate of drug-likeness (QED) is 0.747. The van der Waals surface area contributed by atoms with Gasteiger partial charge >= 0.3 is 0 Å². The Kier molecular flexibility index (Phi) is 2.82. The average Bonchev–Trinajstić information content (AvgIpc) is 2.75. The first-order chi connectivity index (χ1) is 9.58. The van der Waals surface area contributed by atoms with E-state index in [1.807, 2.05) is 37.3 Å². The minimum Gasteiger partial charge on any atom is -0.493 e. The van der Waals surface area contributed by atoms with Gasteiger partial charge in [0.2, 0.25) is 5.88 Å². The zero-order chi connectivity index (χ0) is 14.3. The molecule has 1 aromatic carbocycles. The fraction of sp³-hybridized carbons (Fsp3) is 0.200.